The molecule has 1 amide bonds. The molecule has 0 aromatic carbocycles. The summed E-state index contributed by atoms with van der Waals surface area (Å²) in [5.41, 5.74) is 0. The van der Waals surface area contributed by atoms with Crippen LogP contribution < -0.4 is 5.32 Å². The van der Waals surface area contributed by atoms with Gasteiger partial charge in [0.1, 0.15) is 12.4 Å². The molecule has 0 aromatic heterocycles. The SMILES string of the molecule is CC(C)C(=O)OCCNC(=O)SCCC(C)C(=O)C(C)C. The van der Waals surface area contributed by atoms with E-state index in [1.54, 1.807) is 13.8 Å². The predicted molar refractivity (Wildman–Crippen MR) is 85.3 cm³/mol. The molecule has 0 saturated carbocycles. The molecule has 0 radical (unpaired) electrons. The minimum atomic E-state index is -0.266. The van der Waals surface area contributed by atoms with Crippen molar-refractivity contribution in [3.63, 3.8) is 0 Å². The number of hydrogen-bond donors (Lipinski definition) is 1. The number of rotatable bonds is 9. The molecular formula is C15H27NO4S. The molecule has 21 heavy (non-hydrogen) atoms. The maximum Gasteiger partial charge on any atom is 0.308 e. The van der Waals surface area contributed by atoms with Crippen LogP contribution >= 0.6 is 11.8 Å². The van der Waals surface area contributed by atoms with Gasteiger partial charge in [-0.3, -0.25) is 14.4 Å². The number of thioether (sulfide) groups is 1. The Morgan fingerprint density at radius 2 is 1.67 bits per heavy atom. The highest BCUT2D eigenvalue weighted by atomic mass is 32.2. The zero-order valence-electron chi connectivity index (χ0n) is 13.6. The van der Waals surface area contributed by atoms with Crippen LogP contribution in [0.1, 0.15) is 41.0 Å². The van der Waals surface area contributed by atoms with Gasteiger partial charge in [-0.25, -0.2) is 0 Å². The summed E-state index contributed by atoms with van der Waals surface area (Å²) in [7, 11) is 0. The molecule has 1 unspecified atom stereocenters. The van der Waals surface area contributed by atoms with E-state index in [1.165, 1.54) is 0 Å². The van der Waals surface area contributed by atoms with Gasteiger partial charge in [0.25, 0.3) is 5.24 Å². The maximum atomic E-state index is 11.7. The second-order valence-electron chi connectivity index (χ2n) is 5.63. The Bertz CT molecular complexity index is 356. The van der Waals surface area contributed by atoms with Crippen molar-refractivity contribution in [2.45, 2.75) is 41.0 Å². The summed E-state index contributed by atoms with van der Waals surface area (Å²) in [6, 6.07) is 0. The number of carbonyl (C=O) groups is 3. The summed E-state index contributed by atoms with van der Waals surface area (Å²) in [6.07, 6.45) is 0.692. The average molecular weight is 317 g/mol. The van der Waals surface area contributed by atoms with Crippen LogP contribution in [0, 0.1) is 17.8 Å². The van der Waals surface area contributed by atoms with Gasteiger partial charge in [0.15, 0.2) is 0 Å². The van der Waals surface area contributed by atoms with E-state index in [0.29, 0.717) is 18.7 Å². The number of ether oxygens (including phenoxy) is 1. The first-order valence-corrected chi connectivity index (χ1v) is 8.35. The quantitative estimate of drug-likeness (QED) is 0.523. The molecule has 6 heteroatoms. The molecule has 5 nitrogen and oxygen atoms in total. The number of esters is 1. The summed E-state index contributed by atoms with van der Waals surface area (Å²) in [5, 5.41) is 2.51. The Labute approximate surface area is 131 Å². The number of hydrogen-bond acceptors (Lipinski definition) is 5. The third-order valence-corrected chi connectivity index (χ3v) is 3.77. The monoisotopic (exact) mass is 317 g/mol. The molecule has 0 rings (SSSR count). The molecule has 0 aliphatic heterocycles. The van der Waals surface area contributed by atoms with Crippen LogP contribution in [0.4, 0.5) is 4.79 Å². The minimum absolute atomic E-state index is 0.0164. The van der Waals surface area contributed by atoms with Gasteiger partial charge in [0, 0.05) is 17.6 Å². The second-order valence-corrected chi connectivity index (χ2v) is 6.70. The molecular weight excluding hydrogens is 290 g/mol. The molecule has 122 valence electrons. The molecule has 0 saturated heterocycles. The Kier molecular flexibility index (Phi) is 10.1. The number of carbonyl (C=O) groups excluding carboxylic acids is 3. The van der Waals surface area contributed by atoms with Gasteiger partial charge in [0.2, 0.25) is 0 Å². The Morgan fingerprint density at radius 1 is 1.05 bits per heavy atom. The maximum absolute atomic E-state index is 11.7. The zero-order chi connectivity index (χ0) is 16.4. The summed E-state index contributed by atoms with van der Waals surface area (Å²) in [5.74, 6) is 0.438. The van der Waals surface area contributed by atoms with E-state index in [0.717, 1.165) is 11.8 Å². The largest absolute Gasteiger partial charge is 0.464 e. The zero-order valence-corrected chi connectivity index (χ0v) is 14.4. The van der Waals surface area contributed by atoms with Gasteiger partial charge in [-0.2, -0.15) is 0 Å². The van der Waals surface area contributed by atoms with E-state index in [9.17, 15) is 14.4 Å². The molecule has 0 aliphatic rings. The Balaban J connectivity index is 3.68. The van der Waals surface area contributed by atoms with Crippen molar-refractivity contribution in [2.75, 3.05) is 18.9 Å². The smallest absolute Gasteiger partial charge is 0.308 e. The van der Waals surface area contributed by atoms with Crippen molar-refractivity contribution < 1.29 is 19.1 Å². The number of ketones is 1. The first-order valence-electron chi connectivity index (χ1n) is 7.36. The number of nitrogens with one attached hydrogen (secondary N) is 1. The van der Waals surface area contributed by atoms with Crippen molar-refractivity contribution >= 4 is 28.8 Å². The molecule has 1 atom stereocenters. The Hall–Kier alpha value is -1.04. The van der Waals surface area contributed by atoms with E-state index in [1.807, 2.05) is 20.8 Å². The van der Waals surface area contributed by atoms with E-state index in [4.69, 9.17) is 4.74 Å². The van der Waals surface area contributed by atoms with Crippen LogP contribution in [0.15, 0.2) is 0 Å². The van der Waals surface area contributed by atoms with Gasteiger partial charge < -0.3 is 10.1 Å². The molecule has 0 aromatic rings. The van der Waals surface area contributed by atoms with Crippen LogP contribution in [-0.4, -0.2) is 35.9 Å². The molecule has 0 heterocycles. The predicted octanol–water partition coefficient (Wildman–Crippen LogP) is 2.88. The summed E-state index contributed by atoms with van der Waals surface area (Å²) >= 11 is 1.16. The second kappa shape index (κ2) is 10.7. The topological polar surface area (TPSA) is 72.5 Å². The summed E-state index contributed by atoms with van der Waals surface area (Å²) in [4.78, 5) is 34.4. The van der Waals surface area contributed by atoms with Crippen molar-refractivity contribution in [3.05, 3.63) is 0 Å². The number of amides is 1. The highest BCUT2D eigenvalue weighted by molar-refractivity contribution is 8.13. The molecule has 0 fully saturated rings. The highest BCUT2D eigenvalue weighted by Crippen LogP contribution is 2.14. The van der Waals surface area contributed by atoms with Gasteiger partial charge in [-0.05, 0) is 6.42 Å². The van der Waals surface area contributed by atoms with Gasteiger partial charge >= 0.3 is 5.97 Å². The molecule has 0 spiro atoms. The average Bonchev–Trinajstić information content (AvgIpc) is 2.41. The molecule has 0 aliphatic carbocycles. The lowest BCUT2D eigenvalue weighted by molar-refractivity contribution is -0.147. The lowest BCUT2D eigenvalue weighted by Gasteiger charge is -2.12. The van der Waals surface area contributed by atoms with E-state index < -0.39 is 0 Å². The van der Waals surface area contributed by atoms with Crippen molar-refractivity contribution in [1.82, 2.24) is 5.32 Å². The minimum Gasteiger partial charge on any atom is -0.464 e. The lowest BCUT2D eigenvalue weighted by atomic mass is 9.95. The Morgan fingerprint density at radius 3 is 2.19 bits per heavy atom. The third kappa shape index (κ3) is 9.50. The van der Waals surface area contributed by atoms with Gasteiger partial charge in [0.05, 0.1) is 12.5 Å². The summed E-state index contributed by atoms with van der Waals surface area (Å²) in [6.45, 7) is 9.68. The van der Waals surface area contributed by atoms with Crippen LogP contribution in [0.2, 0.25) is 0 Å². The standard InChI is InChI=1S/C15H27NO4S/c1-10(2)13(17)12(5)6-9-21-15(19)16-7-8-20-14(18)11(3)4/h10-12H,6-9H2,1-5H3,(H,16,19). The fraction of sp³-hybridized carbons (Fsp3) is 0.800. The van der Waals surface area contributed by atoms with E-state index >= 15 is 0 Å². The fourth-order valence-electron chi connectivity index (χ4n) is 1.56. The fourth-order valence-corrected chi connectivity index (χ4v) is 2.42. The van der Waals surface area contributed by atoms with Gasteiger partial charge in [-0.1, -0.05) is 46.4 Å². The third-order valence-electron chi connectivity index (χ3n) is 2.93. The lowest BCUT2D eigenvalue weighted by Crippen LogP contribution is -2.26. The summed E-state index contributed by atoms with van der Waals surface area (Å²) < 4.78 is 4.95. The van der Waals surface area contributed by atoms with E-state index in [2.05, 4.69) is 5.32 Å². The van der Waals surface area contributed by atoms with Crippen molar-refractivity contribution in [2.24, 2.45) is 17.8 Å². The van der Waals surface area contributed by atoms with Crippen molar-refractivity contribution in [1.29, 1.82) is 0 Å². The van der Waals surface area contributed by atoms with Crippen LogP contribution in [0.5, 0.6) is 0 Å². The van der Waals surface area contributed by atoms with Crippen LogP contribution in [-0.2, 0) is 14.3 Å². The first kappa shape index (κ1) is 20.0. The van der Waals surface area contributed by atoms with Crippen molar-refractivity contribution in [3.8, 4) is 0 Å². The molecule has 1 N–H and O–H groups in total. The highest BCUT2D eigenvalue weighted by Gasteiger charge is 2.16. The van der Waals surface area contributed by atoms with Crippen LogP contribution in [0.3, 0.4) is 0 Å². The van der Waals surface area contributed by atoms with Crippen LogP contribution in [0.25, 0.3) is 0 Å². The van der Waals surface area contributed by atoms with E-state index in [-0.39, 0.29) is 41.4 Å². The normalized spacial score (nSPS) is 12.3. The molecule has 0 bridgehead atoms. The number of Topliss-reactive ketones (excluding diaryl/α,β-unsaturated/α-hetero) is 1. The van der Waals surface area contributed by atoms with Gasteiger partial charge in [-0.15, -0.1) is 0 Å². The first-order chi connectivity index (χ1) is 9.75.